The first-order chi connectivity index (χ1) is 8.63. The van der Waals surface area contributed by atoms with Gasteiger partial charge in [-0.05, 0) is 33.1 Å². The molecule has 0 radical (unpaired) electrons. The van der Waals surface area contributed by atoms with Gasteiger partial charge in [-0.15, -0.1) is 0 Å². The minimum Gasteiger partial charge on any atom is -0.394 e. The topological polar surface area (TPSA) is 53.0 Å². The van der Waals surface area contributed by atoms with E-state index in [1.54, 1.807) is 0 Å². The summed E-state index contributed by atoms with van der Waals surface area (Å²) in [6.45, 7) is 6.01. The van der Waals surface area contributed by atoms with E-state index in [9.17, 15) is 9.90 Å². The van der Waals surface area contributed by atoms with E-state index in [2.05, 4.69) is 18.7 Å². The van der Waals surface area contributed by atoms with Crippen LogP contribution < -0.4 is 0 Å². The highest BCUT2D eigenvalue weighted by Gasteiger charge is 2.36. The molecule has 0 aromatic heterocycles. The number of hydrogen-bond donors (Lipinski definition) is 1. The molecule has 0 saturated carbocycles. The lowest BCUT2D eigenvalue weighted by molar-refractivity contribution is -0.163. The van der Waals surface area contributed by atoms with Crippen LogP contribution in [0, 0.1) is 0 Å². The van der Waals surface area contributed by atoms with Crippen LogP contribution in [0.15, 0.2) is 0 Å². The number of carbonyl (C=O) groups excluding carboxylic acids is 1. The Balaban J connectivity index is 2.08. The lowest BCUT2D eigenvalue weighted by Crippen LogP contribution is -2.60. The first-order valence-electron chi connectivity index (χ1n) is 6.91. The van der Waals surface area contributed by atoms with Crippen LogP contribution in [0.2, 0.25) is 0 Å². The van der Waals surface area contributed by atoms with Gasteiger partial charge >= 0.3 is 0 Å². The molecule has 5 heteroatoms. The van der Waals surface area contributed by atoms with Crippen molar-refractivity contribution in [3.63, 3.8) is 0 Å². The van der Waals surface area contributed by atoms with Gasteiger partial charge in [-0.1, -0.05) is 0 Å². The van der Waals surface area contributed by atoms with Crippen molar-refractivity contribution in [3.8, 4) is 0 Å². The summed E-state index contributed by atoms with van der Waals surface area (Å²) in [5, 5.41) is 9.19. The second-order valence-corrected chi connectivity index (χ2v) is 5.47. The van der Waals surface area contributed by atoms with E-state index >= 15 is 0 Å². The highest BCUT2D eigenvalue weighted by molar-refractivity contribution is 5.78. The average molecular weight is 256 g/mol. The molecule has 1 N–H and O–H groups in total. The van der Waals surface area contributed by atoms with Gasteiger partial charge in [0, 0.05) is 12.6 Å². The Morgan fingerprint density at radius 1 is 1.44 bits per heavy atom. The van der Waals surface area contributed by atoms with Crippen LogP contribution in [0.4, 0.5) is 0 Å². The van der Waals surface area contributed by atoms with Crippen molar-refractivity contribution in [2.45, 2.75) is 51.4 Å². The molecule has 0 bridgehead atoms. The molecule has 18 heavy (non-hydrogen) atoms. The SMILES string of the molecule is CC(C)N1CCCCC1N1CC(CO)OCC1=O. The number of piperidine rings is 1. The van der Waals surface area contributed by atoms with Crippen LogP contribution in [0.5, 0.6) is 0 Å². The van der Waals surface area contributed by atoms with Crippen molar-refractivity contribution in [2.24, 2.45) is 0 Å². The molecule has 2 fully saturated rings. The van der Waals surface area contributed by atoms with E-state index < -0.39 is 0 Å². The number of carbonyl (C=O) groups is 1. The fourth-order valence-corrected chi connectivity index (χ4v) is 2.92. The average Bonchev–Trinajstić information content (AvgIpc) is 2.39. The molecule has 2 rings (SSSR count). The van der Waals surface area contributed by atoms with E-state index in [1.165, 1.54) is 12.8 Å². The van der Waals surface area contributed by atoms with Crippen LogP contribution in [-0.2, 0) is 9.53 Å². The Morgan fingerprint density at radius 2 is 2.22 bits per heavy atom. The van der Waals surface area contributed by atoms with Crippen molar-refractivity contribution in [3.05, 3.63) is 0 Å². The number of aliphatic hydroxyl groups is 1. The Bertz CT molecular complexity index is 296. The van der Waals surface area contributed by atoms with Crippen molar-refractivity contribution in [2.75, 3.05) is 26.3 Å². The molecular weight excluding hydrogens is 232 g/mol. The van der Waals surface area contributed by atoms with E-state index in [0.717, 1.165) is 13.0 Å². The number of likely N-dealkylation sites (tertiary alicyclic amines) is 1. The number of aliphatic hydroxyl groups excluding tert-OH is 1. The molecular formula is C13H24N2O3. The Hall–Kier alpha value is -0.650. The van der Waals surface area contributed by atoms with Gasteiger partial charge in [0.05, 0.1) is 25.4 Å². The molecule has 104 valence electrons. The third-order valence-corrected chi connectivity index (χ3v) is 3.90. The van der Waals surface area contributed by atoms with Crippen LogP contribution in [0.3, 0.4) is 0 Å². The van der Waals surface area contributed by atoms with Gasteiger partial charge in [-0.25, -0.2) is 0 Å². The standard InChI is InChI=1S/C13H24N2O3/c1-10(2)14-6-4-3-5-12(14)15-7-11(8-16)18-9-13(15)17/h10-12,16H,3-9H2,1-2H3. The Morgan fingerprint density at radius 3 is 2.89 bits per heavy atom. The Labute approximate surface area is 109 Å². The summed E-state index contributed by atoms with van der Waals surface area (Å²) >= 11 is 0. The molecule has 0 spiro atoms. The molecule has 1 amide bonds. The normalized spacial score (nSPS) is 31.1. The summed E-state index contributed by atoms with van der Waals surface area (Å²) in [6, 6.07) is 0.443. The molecule has 0 aliphatic carbocycles. The molecule has 2 atom stereocenters. The molecule has 2 aliphatic heterocycles. The highest BCUT2D eigenvalue weighted by atomic mass is 16.5. The second-order valence-electron chi connectivity index (χ2n) is 5.47. The number of hydrogen-bond acceptors (Lipinski definition) is 4. The lowest BCUT2D eigenvalue weighted by Gasteiger charge is -2.47. The fourth-order valence-electron chi connectivity index (χ4n) is 2.92. The van der Waals surface area contributed by atoms with Gasteiger partial charge in [0.2, 0.25) is 5.91 Å². The Kier molecular flexibility index (Phi) is 4.59. The first kappa shape index (κ1) is 13.8. The quantitative estimate of drug-likeness (QED) is 0.795. The lowest BCUT2D eigenvalue weighted by atomic mass is 10.0. The van der Waals surface area contributed by atoms with E-state index in [1.807, 2.05) is 4.90 Å². The molecule has 2 unspecified atom stereocenters. The molecule has 2 aliphatic rings. The summed E-state index contributed by atoms with van der Waals surface area (Å²) in [7, 11) is 0. The minimum atomic E-state index is -0.223. The molecule has 0 aromatic rings. The summed E-state index contributed by atoms with van der Waals surface area (Å²) in [4.78, 5) is 16.3. The number of nitrogens with zero attached hydrogens (tertiary/aromatic N) is 2. The zero-order valence-electron chi connectivity index (χ0n) is 11.3. The highest BCUT2D eigenvalue weighted by Crippen LogP contribution is 2.24. The second kappa shape index (κ2) is 5.99. The minimum absolute atomic E-state index is 0.0157. The summed E-state index contributed by atoms with van der Waals surface area (Å²) in [5.41, 5.74) is 0. The number of rotatable bonds is 3. The van der Waals surface area contributed by atoms with Gasteiger partial charge in [-0.3, -0.25) is 9.69 Å². The summed E-state index contributed by atoms with van der Waals surface area (Å²) < 4.78 is 5.30. The monoisotopic (exact) mass is 256 g/mol. The summed E-state index contributed by atoms with van der Waals surface area (Å²) in [6.07, 6.45) is 3.36. The largest absolute Gasteiger partial charge is 0.394 e. The van der Waals surface area contributed by atoms with Crippen LogP contribution in [-0.4, -0.2) is 65.4 Å². The van der Waals surface area contributed by atoms with Gasteiger partial charge in [0.25, 0.3) is 0 Å². The van der Waals surface area contributed by atoms with Gasteiger partial charge in [0.15, 0.2) is 0 Å². The van der Waals surface area contributed by atoms with Crippen molar-refractivity contribution in [1.29, 1.82) is 0 Å². The zero-order valence-corrected chi connectivity index (χ0v) is 11.3. The third-order valence-electron chi connectivity index (χ3n) is 3.90. The maximum Gasteiger partial charge on any atom is 0.249 e. The number of amides is 1. The maximum absolute atomic E-state index is 12.0. The van der Waals surface area contributed by atoms with Crippen molar-refractivity contribution in [1.82, 2.24) is 9.80 Å². The molecule has 2 heterocycles. The summed E-state index contributed by atoms with van der Waals surface area (Å²) in [5.74, 6) is 0.0530. The molecule has 5 nitrogen and oxygen atoms in total. The number of ether oxygens (including phenoxy) is 1. The van der Waals surface area contributed by atoms with E-state index in [0.29, 0.717) is 12.6 Å². The van der Waals surface area contributed by atoms with Gasteiger partial charge < -0.3 is 14.7 Å². The van der Waals surface area contributed by atoms with Crippen LogP contribution >= 0.6 is 0 Å². The van der Waals surface area contributed by atoms with Crippen molar-refractivity contribution >= 4 is 5.91 Å². The smallest absolute Gasteiger partial charge is 0.249 e. The van der Waals surface area contributed by atoms with Gasteiger partial charge in [0.1, 0.15) is 6.61 Å². The molecule has 2 saturated heterocycles. The predicted molar refractivity (Wildman–Crippen MR) is 68.0 cm³/mol. The van der Waals surface area contributed by atoms with Crippen molar-refractivity contribution < 1.29 is 14.6 Å². The first-order valence-corrected chi connectivity index (χ1v) is 6.91. The molecule has 0 aromatic carbocycles. The predicted octanol–water partition coefficient (Wildman–Crippen LogP) is 0.426. The van der Waals surface area contributed by atoms with E-state index in [-0.39, 0.29) is 31.4 Å². The van der Waals surface area contributed by atoms with Gasteiger partial charge in [-0.2, -0.15) is 0 Å². The fraction of sp³-hybridized carbons (Fsp3) is 0.923. The number of morpholine rings is 1. The van der Waals surface area contributed by atoms with E-state index in [4.69, 9.17) is 4.74 Å². The van der Waals surface area contributed by atoms with Crippen LogP contribution in [0.1, 0.15) is 33.1 Å². The maximum atomic E-state index is 12.0. The zero-order chi connectivity index (χ0) is 13.1. The third kappa shape index (κ3) is 2.84. The van der Waals surface area contributed by atoms with Crippen LogP contribution in [0.25, 0.3) is 0 Å².